The first kappa shape index (κ1) is 14.8. The fraction of sp³-hybridized carbons (Fsp3) is 0.600. The summed E-state index contributed by atoms with van der Waals surface area (Å²) < 4.78 is 19.6. The molecule has 1 heterocycles. The van der Waals surface area contributed by atoms with E-state index >= 15 is 0 Å². The third-order valence-electron chi connectivity index (χ3n) is 3.33. The Labute approximate surface area is 119 Å². The molecule has 0 amide bonds. The summed E-state index contributed by atoms with van der Waals surface area (Å²) in [6, 6.07) is 5.73. The van der Waals surface area contributed by atoms with Crippen molar-refractivity contribution in [2.75, 3.05) is 6.61 Å². The molecule has 0 spiro atoms. The molecule has 2 rings (SSSR count). The Balaban J connectivity index is 2.12. The van der Waals surface area contributed by atoms with Crippen LogP contribution in [0.15, 0.2) is 23.1 Å². The first-order valence-corrected chi connectivity index (χ1v) is 7.75. The highest BCUT2D eigenvalue weighted by Gasteiger charge is 2.27. The van der Waals surface area contributed by atoms with Crippen LogP contribution in [-0.2, 0) is 11.3 Å². The van der Waals surface area contributed by atoms with Crippen LogP contribution in [0.4, 0.5) is 4.39 Å². The fourth-order valence-corrected chi connectivity index (χ4v) is 3.42. The summed E-state index contributed by atoms with van der Waals surface area (Å²) in [7, 11) is 0. The van der Waals surface area contributed by atoms with Gasteiger partial charge in [-0.1, -0.05) is 26.0 Å². The van der Waals surface area contributed by atoms with Gasteiger partial charge in [-0.25, -0.2) is 4.39 Å². The number of benzene rings is 1. The van der Waals surface area contributed by atoms with E-state index in [9.17, 15) is 4.39 Å². The molecular formula is C15H22FNOS. The van der Waals surface area contributed by atoms with Crippen molar-refractivity contribution in [2.45, 2.75) is 56.0 Å². The van der Waals surface area contributed by atoms with Crippen LogP contribution in [0.1, 0.15) is 32.8 Å². The zero-order valence-electron chi connectivity index (χ0n) is 11.8. The Kier molecular flexibility index (Phi) is 5.25. The molecule has 106 valence electrons. The number of ether oxygens (including phenoxy) is 1. The predicted octanol–water partition coefficient (Wildman–Crippen LogP) is 3.59. The quantitative estimate of drug-likeness (QED) is 0.892. The van der Waals surface area contributed by atoms with E-state index < -0.39 is 0 Å². The summed E-state index contributed by atoms with van der Waals surface area (Å²) in [5, 5.41) is 3.71. The van der Waals surface area contributed by atoms with Crippen molar-refractivity contribution in [3.8, 4) is 0 Å². The minimum atomic E-state index is -0.118. The molecule has 19 heavy (non-hydrogen) atoms. The average Bonchev–Trinajstić information content (AvgIpc) is 2.76. The summed E-state index contributed by atoms with van der Waals surface area (Å²) in [6.07, 6.45) is 1.20. The van der Waals surface area contributed by atoms with Gasteiger partial charge in [0, 0.05) is 29.3 Å². The molecule has 1 aromatic carbocycles. The number of thioether (sulfide) groups is 1. The maximum absolute atomic E-state index is 14.1. The molecule has 0 aromatic heterocycles. The Morgan fingerprint density at radius 2 is 2.26 bits per heavy atom. The summed E-state index contributed by atoms with van der Waals surface area (Å²) in [4.78, 5) is 0.776. The van der Waals surface area contributed by atoms with Crippen LogP contribution >= 0.6 is 11.8 Å². The van der Waals surface area contributed by atoms with Gasteiger partial charge in [-0.05, 0) is 25.0 Å². The highest BCUT2D eigenvalue weighted by Crippen LogP contribution is 2.36. The molecule has 0 aliphatic carbocycles. The van der Waals surface area contributed by atoms with E-state index in [0.717, 1.165) is 23.5 Å². The topological polar surface area (TPSA) is 21.3 Å². The van der Waals surface area contributed by atoms with Crippen LogP contribution in [0.5, 0.6) is 0 Å². The Bertz CT molecular complexity index is 425. The molecule has 0 saturated carbocycles. The SMILES string of the molecule is CC(C)NCc1cccc(F)c1SC1CCOC1C. The van der Waals surface area contributed by atoms with E-state index in [1.54, 1.807) is 23.9 Å². The molecule has 4 heteroatoms. The minimum absolute atomic E-state index is 0.118. The monoisotopic (exact) mass is 283 g/mol. The summed E-state index contributed by atoms with van der Waals surface area (Å²) in [5.41, 5.74) is 1.04. The van der Waals surface area contributed by atoms with Gasteiger partial charge >= 0.3 is 0 Å². The number of hydrogen-bond acceptors (Lipinski definition) is 3. The van der Waals surface area contributed by atoms with Crippen LogP contribution in [0.3, 0.4) is 0 Å². The second-order valence-corrected chi connectivity index (χ2v) is 6.53. The second-order valence-electron chi connectivity index (χ2n) is 5.28. The Hall–Kier alpha value is -0.580. The highest BCUT2D eigenvalue weighted by atomic mass is 32.2. The van der Waals surface area contributed by atoms with E-state index in [1.807, 2.05) is 6.07 Å². The van der Waals surface area contributed by atoms with Gasteiger partial charge in [0.2, 0.25) is 0 Å². The van der Waals surface area contributed by atoms with E-state index in [0.29, 0.717) is 17.8 Å². The smallest absolute Gasteiger partial charge is 0.137 e. The van der Waals surface area contributed by atoms with E-state index in [4.69, 9.17) is 4.74 Å². The van der Waals surface area contributed by atoms with E-state index in [2.05, 4.69) is 26.1 Å². The number of hydrogen-bond donors (Lipinski definition) is 1. The van der Waals surface area contributed by atoms with Gasteiger partial charge in [0.25, 0.3) is 0 Å². The number of halogens is 1. The Morgan fingerprint density at radius 3 is 2.89 bits per heavy atom. The van der Waals surface area contributed by atoms with Crippen LogP contribution < -0.4 is 5.32 Å². The molecule has 0 bridgehead atoms. The van der Waals surface area contributed by atoms with Gasteiger partial charge in [0.05, 0.1) is 6.10 Å². The van der Waals surface area contributed by atoms with Crippen molar-refractivity contribution in [2.24, 2.45) is 0 Å². The molecule has 0 radical (unpaired) electrons. The third-order valence-corrected chi connectivity index (χ3v) is 4.94. The van der Waals surface area contributed by atoms with Gasteiger partial charge < -0.3 is 10.1 Å². The van der Waals surface area contributed by atoms with E-state index in [-0.39, 0.29) is 11.9 Å². The van der Waals surface area contributed by atoms with Crippen molar-refractivity contribution in [3.63, 3.8) is 0 Å². The largest absolute Gasteiger partial charge is 0.377 e. The minimum Gasteiger partial charge on any atom is -0.377 e. The first-order valence-electron chi connectivity index (χ1n) is 6.87. The van der Waals surface area contributed by atoms with Gasteiger partial charge in [-0.2, -0.15) is 0 Å². The molecule has 2 atom stereocenters. The molecular weight excluding hydrogens is 261 g/mol. The van der Waals surface area contributed by atoms with E-state index in [1.165, 1.54) is 0 Å². The molecule has 1 aliphatic rings. The lowest BCUT2D eigenvalue weighted by molar-refractivity contribution is 0.127. The van der Waals surface area contributed by atoms with Crippen molar-refractivity contribution >= 4 is 11.8 Å². The predicted molar refractivity (Wildman–Crippen MR) is 78.1 cm³/mol. The summed E-state index contributed by atoms with van der Waals surface area (Å²) in [5.74, 6) is -0.118. The van der Waals surface area contributed by atoms with Crippen molar-refractivity contribution in [1.29, 1.82) is 0 Å². The molecule has 1 aliphatic heterocycles. The maximum Gasteiger partial charge on any atom is 0.137 e. The van der Waals surface area contributed by atoms with Gasteiger partial charge in [0.1, 0.15) is 5.82 Å². The lowest BCUT2D eigenvalue weighted by Crippen LogP contribution is -2.22. The van der Waals surface area contributed by atoms with Crippen molar-refractivity contribution in [3.05, 3.63) is 29.6 Å². The molecule has 2 unspecified atom stereocenters. The third kappa shape index (κ3) is 3.94. The molecule has 2 nitrogen and oxygen atoms in total. The summed E-state index contributed by atoms with van der Waals surface area (Å²) in [6.45, 7) is 7.75. The average molecular weight is 283 g/mol. The number of rotatable bonds is 5. The van der Waals surface area contributed by atoms with Crippen LogP contribution in [0.25, 0.3) is 0 Å². The van der Waals surface area contributed by atoms with Gasteiger partial charge in [-0.15, -0.1) is 11.8 Å². The molecule has 1 fully saturated rings. The number of nitrogens with one attached hydrogen (secondary N) is 1. The highest BCUT2D eigenvalue weighted by molar-refractivity contribution is 8.00. The van der Waals surface area contributed by atoms with Crippen LogP contribution in [0, 0.1) is 5.82 Å². The fourth-order valence-electron chi connectivity index (χ4n) is 2.16. The normalized spacial score (nSPS) is 23.2. The van der Waals surface area contributed by atoms with Gasteiger partial charge in [0.15, 0.2) is 0 Å². The summed E-state index contributed by atoms with van der Waals surface area (Å²) >= 11 is 1.62. The molecule has 1 saturated heterocycles. The lowest BCUT2D eigenvalue weighted by atomic mass is 10.2. The maximum atomic E-state index is 14.1. The van der Waals surface area contributed by atoms with Crippen molar-refractivity contribution in [1.82, 2.24) is 5.32 Å². The van der Waals surface area contributed by atoms with Crippen molar-refractivity contribution < 1.29 is 9.13 Å². The van der Waals surface area contributed by atoms with Gasteiger partial charge in [-0.3, -0.25) is 0 Å². The standard InChI is InChI=1S/C15H22FNOS/c1-10(2)17-9-12-5-4-6-13(16)15(12)19-14-7-8-18-11(14)3/h4-6,10-11,14,17H,7-9H2,1-3H3. The zero-order valence-corrected chi connectivity index (χ0v) is 12.6. The first-order chi connectivity index (χ1) is 9.08. The second kappa shape index (κ2) is 6.73. The molecule has 1 aromatic rings. The van der Waals surface area contributed by atoms with Crippen LogP contribution in [-0.4, -0.2) is 24.0 Å². The zero-order chi connectivity index (χ0) is 13.8. The molecule has 1 N–H and O–H groups in total. The lowest BCUT2D eigenvalue weighted by Gasteiger charge is -2.18. The Morgan fingerprint density at radius 1 is 1.47 bits per heavy atom. The van der Waals surface area contributed by atoms with Crippen LogP contribution in [0.2, 0.25) is 0 Å².